The van der Waals surface area contributed by atoms with Gasteiger partial charge in [-0.3, -0.25) is 14.5 Å². The van der Waals surface area contributed by atoms with Crippen molar-refractivity contribution in [3.05, 3.63) is 103 Å². The molecule has 160 valence electrons. The predicted octanol–water partition coefficient (Wildman–Crippen LogP) is 5.93. The monoisotopic (exact) mass is 489 g/mol. The van der Waals surface area contributed by atoms with Crippen LogP contribution in [0.5, 0.6) is 5.75 Å². The largest absolute Gasteiger partial charge is 0.497 e. The maximum Gasteiger partial charge on any atom is 0.295 e. The fourth-order valence-electron chi connectivity index (χ4n) is 4.20. The highest BCUT2D eigenvalue weighted by atomic mass is 79.9. The van der Waals surface area contributed by atoms with E-state index >= 15 is 0 Å². The van der Waals surface area contributed by atoms with Gasteiger partial charge in [0.2, 0.25) is 5.76 Å². The van der Waals surface area contributed by atoms with E-state index in [0.29, 0.717) is 28.0 Å². The number of methoxy groups -OCH3 is 1. The molecule has 1 aromatic heterocycles. The molecule has 0 saturated carbocycles. The summed E-state index contributed by atoms with van der Waals surface area (Å²) < 4.78 is 12.3. The molecule has 0 fully saturated rings. The van der Waals surface area contributed by atoms with E-state index < -0.39 is 6.04 Å². The van der Waals surface area contributed by atoms with Crippen molar-refractivity contribution in [1.29, 1.82) is 0 Å². The van der Waals surface area contributed by atoms with Crippen molar-refractivity contribution in [3.8, 4) is 5.75 Å². The van der Waals surface area contributed by atoms with Crippen LogP contribution in [0, 0.1) is 13.8 Å². The molecule has 1 aliphatic heterocycles. The Labute approximate surface area is 193 Å². The second kappa shape index (κ2) is 7.64. The molecule has 5 rings (SSSR count). The molecule has 3 aromatic carbocycles. The Bertz CT molecular complexity index is 1420. The predicted molar refractivity (Wildman–Crippen MR) is 128 cm³/mol. The van der Waals surface area contributed by atoms with Gasteiger partial charge in [-0.1, -0.05) is 28.1 Å². The second-order valence-corrected chi connectivity index (χ2v) is 8.85. The molecule has 0 radical (unpaired) electrons. The average molecular weight is 490 g/mol. The maximum absolute atomic E-state index is 13.7. The summed E-state index contributed by atoms with van der Waals surface area (Å²) in [5.74, 6) is 0.458. The van der Waals surface area contributed by atoms with Crippen LogP contribution in [0.2, 0.25) is 0 Å². The molecular weight excluding hydrogens is 470 g/mol. The molecule has 0 bridgehead atoms. The number of benzene rings is 3. The summed E-state index contributed by atoms with van der Waals surface area (Å²) >= 11 is 3.44. The van der Waals surface area contributed by atoms with Crippen LogP contribution in [0.15, 0.2) is 74.3 Å². The smallest absolute Gasteiger partial charge is 0.295 e. The number of amides is 1. The molecule has 1 atom stereocenters. The van der Waals surface area contributed by atoms with Gasteiger partial charge in [0.05, 0.1) is 24.1 Å². The molecule has 1 unspecified atom stereocenters. The Kier molecular flexibility index (Phi) is 4.90. The summed E-state index contributed by atoms with van der Waals surface area (Å²) in [7, 11) is 1.60. The summed E-state index contributed by atoms with van der Waals surface area (Å²) in [6, 6.07) is 17.9. The first-order chi connectivity index (χ1) is 15.4. The Morgan fingerprint density at radius 2 is 1.59 bits per heavy atom. The Morgan fingerprint density at radius 3 is 2.25 bits per heavy atom. The quantitative estimate of drug-likeness (QED) is 0.357. The van der Waals surface area contributed by atoms with Crippen LogP contribution < -0.4 is 15.1 Å². The van der Waals surface area contributed by atoms with E-state index in [2.05, 4.69) is 15.9 Å². The van der Waals surface area contributed by atoms with Gasteiger partial charge in [0.1, 0.15) is 11.3 Å². The SMILES string of the molecule is COc1ccc(C2c3c(oc4cc(C)c(C)cc4c3=O)C(=O)N2c2ccc(Br)cc2)cc1. The number of halogens is 1. The van der Waals surface area contributed by atoms with Crippen LogP contribution in [0.1, 0.15) is 38.9 Å². The van der Waals surface area contributed by atoms with Crippen LogP contribution in [0.4, 0.5) is 5.69 Å². The van der Waals surface area contributed by atoms with Crippen LogP contribution in [-0.4, -0.2) is 13.0 Å². The van der Waals surface area contributed by atoms with Crippen molar-refractivity contribution in [2.24, 2.45) is 0 Å². The van der Waals surface area contributed by atoms with Crippen molar-refractivity contribution >= 4 is 38.5 Å². The number of nitrogens with zero attached hydrogens (tertiary/aromatic N) is 1. The maximum atomic E-state index is 13.7. The molecule has 1 amide bonds. The van der Waals surface area contributed by atoms with Crippen molar-refractivity contribution < 1.29 is 13.9 Å². The molecule has 5 nitrogen and oxygen atoms in total. The zero-order valence-electron chi connectivity index (χ0n) is 17.8. The summed E-state index contributed by atoms with van der Waals surface area (Å²) in [4.78, 5) is 28.9. The third-order valence-corrected chi connectivity index (χ3v) is 6.55. The first-order valence-corrected chi connectivity index (χ1v) is 11.0. The van der Waals surface area contributed by atoms with Crippen molar-refractivity contribution in [2.45, 2.75) is 19.9 Å². The lowest BCUT2D eigenvalue weighted by molar-refractivity contribution is 0.0971. The van der Waals surface area contributed by atoms with Gasteiger partial charge in [-0.15, -0.1) is 0 Å². The van der Waals surface area contributed by atoms with Crippen LogP contribution in [0.3, 0.4) is 0 Å². The van der Waals surface area contributed by atoms with Gasteiger partial charge in [-0.2, -0.15) is 0 Å². The number of carbonyl (C=O) groups excluding carboxylic acids is 1. The lowest BCUT2D eigenvalue weighted by Crippen LogP contribution is -2.29. The number of fused-ring (bicyclic) bond motifs is 2. The minimum atomic E-state index is -0.605. The van der Waals surface area contributed by atoms with Crippen LogP contribution in [-0.2, 0) is 0 Å². The minimum absolute atomic E-state index is 0.0921. The average Bonchev–Trinajstić information content (AvgIpc) is 3.08. The lowest BCUT2D eigenvalue weighted by Gasteiger charge is -2.25. The van der Waals surface area contributed by atoms with Crippen LogP contribution in [0.25, 0.3) is 11.0 Å². The molecule has 0 aliphatic carbocycles. The summed E-state index contributed by atoms with van der Waals surface area (Å²) in [5, 5.41) is 0.482. The number of hydrogen-bond donors (Lipinski definition) is 0. The van der Waals surface area contributed by atoms with Crippen molar-refractivity contribution in [1.82, 2.24) is 0 Å². The Hall–Kier alpha value is -3.38. The number of ether oxygens (including phenoxy) is 1. The van der Waals surface area contributed by atoms with E-state index in [0.717, 1.165) is 21.2 Å². The molecular formula is C26H20BrNO4. The van der Waals surface area contributed by atoms with Crippen molar-refractivity contribution in [2.75, 3.05) is 12.0 Å². The molecule has 4 aromatic rings. The highest BCUT2D eigenvalue weighted by Gasteiger charge is 2.43. The van der Waals surface area contributed by atoms with Gasteiger partial charge >= 0.3 is 0 Å². The van der Waals surface area contributed by atoms with E-state index in [1.807, 2.05) is 74.5 Å². The molecule has 32 heavy (non-hydrogen) atoms. The standard InChI is InChI=1S/C26H20BrNO4/c1-14-12-20-21(13-15(14)2)32-25-22(24(20)29)23(16-4-10-19(31-3)11-5-16)28(26(25)30)18-8-6-17(27)7-9-18/h4-13,23H,1-3H3. The molecule has 0 spiro atoms. The number of anilines is 1. The first kappa shape index (κ1) is 20.5. The summed E-state index contributed by atoms with van der Waals surface area (Å²) in [5.41, 5.74) is 4.09. The number of aryl methyl sites for hydroxylation is 2. The lowest BCUT2D eigenvalue weighted by atomic mass is 9.97. The van der Waals surface area contributed by atoms with Gasteiger partial charge in [0, 0.05) is 10.2 Å². The molecule has 0 saturated heterocycles. The summed E-state index contributed by atoms with van der Waals surface area (Å²) in [6.07, 6.45) is 0. The van der Waals surface area contributed by atoms with E-state index in [9.17, 15) is 9.59 Å². The van der Waals surface area contributed by atoms with E-state index in [1.165, 1.54) is 0 Å². The van der Waals surface area contributed by atoms with Gasteiger partial charge in [0.15, 0.2) is 5.43 Å². The zero-order valence-corrected chi connectivity index (χ0v) is 19.4. The fraction of sp³-hybridized carbons (Fsp3) is 0.154. The van der Waals surface area contributed by atoms with Gasteiger partial charge in [-0.05, 0) is 79.1 Å². The number of carbonyl (C=O) groups is 1. The van der Waals surface area contributed by atoms with E-state index in [-0.39, 0.29) is 17.1 Å². The number of rotatable bonds is 3. The zero-order chi connectivity index (χ0) is 22.6. The second-order valence-electron chi connectivity index (χ2n) is 7.93. The normalized spacial score (nSPS) is 15.3. The van der Waals surface area contributed by atoms with E-state index in [1.54, 1.807) is 12.0 Å². The molecule has 1 aliphatic rings. The third kappa shape index (κ3) is 3.14. The third-order valence-electron chi connectivity index (χ3n) is 6.02. The van der Waals surface area contributed by atoms with Crippen LogP contribution >= 0.6 is 15.9 Å². The molecule has 2 heterocycles. The Balaban J connectivity index is 1.80. The van der Waals surface area contributed by atoms with Crippen molar-refractivity contribution in [3.63, 3.8) is 0 Å². The fourth-order valence-corrected chi connectivity index (χ4v) is 4.46. The highest BCUT2D eigenvalue weighted by Crippen LogP contribution is 2.42. The first-order valence-electron chi connectivity index (χ1n) is 10.2. The molecule has 0 N–H and O–H groups in total. The van der Waals surface area contributed by atoms with Gasteiger partial charge < -0.3 is 9.15 Å². The Morgan fingerprint density at radius 1 is 0.938 bits per heavy atom. The highest BCUT2D eigenvalue weighted by molar-refractivity contribution is 9.10. The number of hydrogen-bond acceptors (Lipinski definition) is 4. The van der Waals surface area contributed by atoms with E-state index in [4.69, 9.17) is 9.15 Å². The van der Waals surface area contributed by atoms with Gasteiger partial charge in [0.25, 0.3) is 5.91 Å². The minimum Gasteiger partial charge on any atom is -0.497 e. The molecule has 6 heteroatoms. The van der Waals surface area contributed by atoms with Gasteiger partial charge in [-0.25, -0.2) is 0 Å². The topological polar surface area (TPSA) is 59.8 Å². The summed E-state index contributed by atoms with van der Waals surface area (Å²) in [6.45, 7) is 3.92.